The van der Waals surface area contributed by atoms with E-state index < -0.39 is 0 Å². The number of hydrazine groups is 1. The maximum atomic E-state index is 11.0. The molecule has 0 aliphatic heterocycles. The lowest BCUT2D eigenvalue weighted by Crippen LogP contribution is -2.30. The predicted molar refractivity (Wildman–Crippen MR) is 74.3 cm³/mol. The van der Waals surface area contributed by atoms with E-state index in [4.69, 9.17) is 16.3 Å². The Bertz CT molecular complexity index is 412. The molecule has 5 nitrogen and oxygen atoms in total. The Morgan fingerprint density at radius 3 is 2.89 bits per heavy atom. The van der Waals surface area contributed by atoms with Gasteiger partial charge in [0.2, 0.25) is 5.91 Å². The molecule has 0 saturated carbocycles. The SMILES string of the molecule is COc1cc(N)ccc1SC(C)CCC(=O)NN. The maximum Gasteiger partial charge on any atom is 0.233 e. The van der Waals surface area contributed by atoms with Gasteiger partial charge in [0.25, 0.3) is 0 Å². The largest absolute Gasteiger partial charge is 0.496 e. The number of hydrogen-bond acceptors (Lipinski definition) is 5. The normalized spacial score (nSPS) is 11.9. The molecular formula is C12H19N3O2S. The molecule has 100 valence electrons. The monoisotopic (exact) mass is 269 g/mol. The zero-order valence-electron chi connectivity index (χ0n) is 10.6. The van der Waals surface area contributed by atoms with Crippen LogP contribution >= 0.6 is 11.8 Å². The molecule has 0 aliphatic carbocycles. The van der Waals surface area contributed by atoms with Gasteiger partial charge in [0, 0.05) is 28.3 Å². The lowest BCUT2D eigenvalue weighted by molar-refractivity contribution is -0.121. The van der Waals surface area contributed by atoms with Crippen molar-refractivity contribution < 1.29 is 9.53 Å². The molecule has 0 bridgehead atoms. The van der Waals surface area contributed by atoms with Crippen LogP contribution in [0.25, 0.3) is 0 Å². The molecule has 0 radical (unpaired) electrons. The van der Waals surface area contributed by atoms with Crippen LogP contribution in [0.3, 0.4) is 0 Å². The number of ether oxygens (including phenoxy) is 1. The summed E-state index contributed by atoms with van der Waals surface area (Å²) < 4.78 is 5.27. The second-order valence-corrected chi connectivity index (χ2v) is 5.43. The molecule has 6 heteroatoms. The van der Waals surface area contributed by atoms with Crippen LogP contribution in [0.1, 0.15) is 19.8 Å². The summed E-state index contributed by atoms with van der Waals surface area (Å²) in [5, 5.41) is 0.292. The fourth-order valence-electron chi connectivity index (χ4n) is 1.46. The number of nitrogens with two attached hydrogens (primary N) is 2. The minimum absolute atomic E-state index is 0.147. The van der Waals surface area contributed by atoms with Crippen LogP contribution in [-0.2, 0) is 4.79 Å². The van der Waals surface area contributed by atoms with E-state index in [1.54, 1.807) is 24.9 Å². The highest BCUT2D eigenvalue weighted by Crippen LogP contribution is 2.34. The van der Waals surface area contributed by atoms with Gasteiger partial charge in [-0.15, -0.1) is 11.8 Å². The highest BCUT2D eigenvalue weighted by molar-refractivity contribution is 8.00. The molecule has 1 unspecified atom stereocenters. The Morgan fingerprint density at radius 1 is 1.56 bits per heavy atom. The van der Waals surface area contributed by atoms with Gasteiger partial charge in [-0.2, -0.15) is 0 Å². The van der Waals surface area contributed by atoms with Gasteiger partial charge in [0.15, 0.2) is 0 Å². The number of hydrogen-bond donors (Lipinski definition) is 3. The first-order valence-electron chi connectivity index (χ1n) is 5.66. The summed E-state index contributed by atoms with van der Waals surface area (Å²) in [6.07, 6.45) is 1.17. The van der Waals surface area contributed by atoms with Gasteiger partial charge in [-0.25, -0.2) is 5.84 Å². The smallest absolute Gasteiger partial charge is 0.233 e. The van der Waals surface area contributed by atoms with E-state index in [0.29, 0.717) is 17.4 Å². The van der Waals surface area contributed by atoms with Gasteiger partial charge in [-0.3, -0.25) is 10.2 Å². The van der Waals surface area contributed by atoms with Crippen molar-refractivity contribution in [2.75, 3.05) is 12.8 Å². The van der Waals surface area contributed by atoms with Crippen molar-refractivity contribution in [2.45, 2.75) is 29.9 Å². The van der Waals surface area contributed by atoms with Gasteiger partial charge in [0.1, 0.15) is 5.75 Å². The van der Waals surface area contributed by atoms with Crippen LogP contribution in [0.5, 0.6) is 5.75 Å². The van der Waals surface area contributed by atoms with E-state index in [-0.39, 0.29) is 5.91 Å². The topological polar surface area (TPSA) is 90.4 Å². The number of thioether (sulfide) groups is 1. The third kappa shape index (κ3) is 4.46. The van der Waals surface area contributed by atoms with E-state index in [2.05, 4.69) is 12.3 Å². The van der Waals surface area contributed by atoms with Crippen molar-refractivity contribution in [3.63, 3.8) is 0 Å². The van der Waals surface area contributed by atoms with Gasteiger partial charge in [0.05, 0.1) is 7.11 Å². The van der Waals surface area contributed by atoms with E-state index >= 15 is 0 Å². The van der Waals surface area contributed by atoms with Crippen molar-refractivity contribution in [1.82, 2.24) is 5.43 Å². The van der Waals surface area contributed by atoms with Gasteiger partial charge >= 0.3 is 0 Å². The lowest BCUT2D eigenvalue weighted by atomic mass is 10.2. The summed E-state index contributed by atoms with van der Waals surface area (Å²) in [5.74, 6) is 5.65. The van der Waals surface area contributed by atoms with Crippen LogP contribution < -0.4 is 21.7 Å². The first-order chi connectivity index (χ1) is 8.56. The summed E-state index contributed by atoms with van der Waals surface area (Å²) >= 11 is 1.65. The van der Waals surface area contributed by atoms with Crippen molar-refractivity contribution in [1.29, 1.82) is 0 Å². The average molecular weight is 269 g/mol. The second kappa shape index (κ2) is 7.13. The average Bonchev–Trinajstić information content (AvgIpc) is 2.37. The number of carbonyl (C=O) groups excluding carboxylic acids is 1. The minimum atomic E-state index is -0.147. The predicted octanol–water partition coefficient (Wildman–Crippen LogP) is 1.53. The van der Waals surface area contributed by atoms with Gasteiger partial charge in [-0.1, -0.05) is 6.92 Å². The molecule has 18 heavy (non-hydrogen) atoms. The minimum Gasteiger partial charge on any atom is -0.496 e. The fraction of sp³-hybridized carbons (Fsp3) is 0.417. The molecule has 1 atom stereocenters. The first-order valence-corrected chi connectivity index (χ1v) is 6.54. The molecule has 0 heterocycles. The molecule has 0 saturated heterocycles. The molecule has 1 aromatic rings. The fourth-order valence-corrected chi connectivity index (χ4v) is 2.54. The van der Waals surface area contributed by atoms with Crippen molar-refractivity contribution >= 4 is 23.4 Å². The number of nitrogen functional groups attached to an aromatic ring is 1. The molecule has 1 amide bonds. The first kappa shape index (κ1) is 14.7. The number of carbonyl (C=O) groups is 1. The highest BCUT2D eigenvalue weighted by atomic mass is 32.2. The molecule has 5 N–H and O–H groups in total. The Morgan fingerprint density at radius 2 is 2.28 bits per heavy atom. The third-order valence-electron chi connectivity index (χ3n) is 2.45. The van der Waals surface area contributed by atoms with Gasteiger partial charge < -0.3 is 10.5 Å². The zero-order valence-corrected chi connectivity index (χ0v) is 11.4. The Kier molecular flexibility index (Phi) is 5.80. The summed E-state index contributed by atoms with van der Waals surface area (Å²) in [6.45, 7) is 2.06. The summed E-state index contributed by atoms with van der Waals surface area (Å²) in [6, 6.07) is 5.56. The molecule has 0 fully saturated rings. The molecule has 0 aliphatic rings. The van der Waals surface area contributed by atoms with Crippen LogP contribution in [0.2, 0.25) is 0 Å². The number of anilines is 1. The highest BCUT2D eigenvalue weighted by Gasteiger charge is 2.11. The van der Waals surface area contributed by atoms with E-state index in [0.717, 1.165) is 17.1 Å². The van der Waals surface area contributed by atoms with Crippen molar-refractivity contribution in [3.8, 4) is 5.75 Å². The van der Waals surface area contributed by atoms with Gasteiger partial charge in [-0.05, 0) is 18.6 Å². The number of nitrogens with one attached hydrogen (secondary N) is 1. The van der Waals surface area contributed by atoms with Crippen LogP contribution in [0.4, 0.5) is 5.69 Å². The van der Waals surface area contributed by atoms with Crippen LogP contribution in [0, 0.1) is 0 Å². The summed E-state index contributed by atoms with van der Waals surface area (Å²) in [5.41, 5.74) is 8.49. The number of benzene rings is 1. The van der Waals surface area contributed by atoms with E-state index in [9.17, 15) is 4.79 Å². The number of amides is 1. The Balaban J connectivity index is 2.58. The standard InChI is InChI=1S/C12H19N3O2S/c1-8(3-6-12(16)15-14)18-11-5-4-9(13)7-10(11)17-2/h4-5,7-8H,3,6,13-14H2,1-2H3,(H,15,16). The van der Waals surface area contributed by atoms with E-state index in [1.165, 1.54) is 0 Å². The van der Waals surface area contributed by atoms with Crippen molar-refractivity contribution in [3.05, 3.63) is 18.2 Å². The molecule has 0 aromatic heterocycles. The number of methoxy groups -OCH3 is 1. The third-order valence-corrected chi connectivity index (χ3v) is 3.68. The number of rotatable bonds is 6. The second-order valence-electron chi connectivity index (χ2n) is 3.94. The zero-order chi connectivity index (χ0) is 13.5. The van der Waals surface area contributed by atoms with Crippen LogP contribution in [0.15, 0.2) is 23.1 Å². The quantitative estimate of drug-likeness (QED) is 0.239. The lowest BCUT2D eigenvalue weighted by Gasteiger charge is -2.13. The Labute approximate surface area is 111 Å². The molecule has 0 spiro atoms. The van der Waals surface area contributed by atoms with Crippen LogP contribution in [-0.4, -0.2) is 18.3 Å². The Hall–Kier alpha value is -1.40. The summed E-state index contributed by atoms with van der Waals surface area (Å²) in [7, 11) is 1.62. The maximum absolute atomic E-state index is 11.0. The van der Waals surface area contributed by atoms with E-state index in [1.807, 2.05) is 12.1 Å². The van der Waals surface area contributed by atoms with Crippen molar-refractivity contribution in [2.24, 2.45) is 5.84 Å². The molecule has 1 aromatic carbocycles. The molecule has 1 rings (SSSR count). The summed E-state index contributed by atoms with van der Waals surface area (Å²) in [4.78, 5) is 12.1. The molecular weight excluding hydrogens is 250 g/mol.